The fourth-order valence-corrected chi connectivity index (χ4v) is 4.41. The molecule has 146 valence electrons. The summed E-state index contributed by atoms with van der Waals surface area (Å²) in [5.74, 6) is -0.290. The monoisotopic (exact) mass is 374 g/mol. The third kappa shape index (κ3) is 3.47. The molecule has 0 bridgehead atoms. The molecule has 1 aliphatic carbocycles. The van der Waals surface area contributed by atoms with Crippen molar-refractivity contribution < 1.29 is 24.3 Å². The van der Waals surface area contributed by atoms with E-state index in [4.69, 9.17) is 4.74 Å². The van der Waals surface area contributed by atoms with Gasteiger partial charge in [-0.1, -0.05) is 18.2 Å². The molecule has 0 aromatic heterocycles. The number of fused-ring (bicyclic) bond motifs is 1. The molecule has 0 unspecified atom stereocenters. The Hall–Kier alpha value is -1.96. The van der Waals surface area contributed by atoms with Gasteiger partial charge in [-0.05, 0) is 42.9 Å². The summed E-state index contributed by atoms with van der Waals surface area (Å²) in [4.78, 5) is 28.0. The molecule has 3 aliphatic rings. The minimum atomic E-state index is -1.07. The fourth-order valence-electron chi connectivity index (χ4n) is 4.41. The van der Waals surface area contributed by atoms with Crippen LogP contribution in [0.5, 0.6) is 0 Å². The molecule has 0 radical (unpaired) electrons. The van der Waals surface area contributed by atoms with Gasteiger partial charge in [0.1, 0.15) is 31.3 Å². The molecule has 3 N–H and O–H groups in total. The number of hydrogen-bond acceptors (Lipinski definition) is 4. The van der Waals surface area contributed by atoms with E-state index in [1.165, 1.54) is 16.0 Å². The molecule has 1 aromatic carbocycles. The number of nitrogens with zero attached hydrogens (tertiary/aromatic N) is 1. The molecule has 1 aromatic rings. The number of hydrogen-bond donors (Lipinski definition) is 3. The van der Waals surface area contributed by atoms with Crippen molar-refractivity contribution >= 4 is 11.9 Å². The van der Waals surface area contributed by atoms with Gasteiger partial charge in [0.2, 0.25) is 0 Å². The smallest absolute Gasteiger partial charge is 0.325 e. The van der Waals surface area contributed by atoms with Gasteiger partial charge in [-0.15, -0.1) is 0 Å². The molecule has 2 heterocycles. The number of aliphatic hydroxyl groups excluding tert-OH is 1. The molecule has 2 fully saturated rings. The molecule has 7 nitrogen and oxygen atoms in total. The average molecular weight is 374 g/mol. The number of quaternary nitrogens is 1. The molecule has 4 rings (SSSR count). The standard InChI is InChI=1S/C20H27N3O4/c1-20(16-6-5-14-3-2-4-15(14)11-16)18(25)23(19(26)21-20)13-17(24)12-22-7-9-27-10-8-22/h5-6,11,17,24H,2-4,7-10,12-13H2,1H3,(H,21,26)/p+1/t17-,20+/m0/s1. The van der Waals surface area contributed by atoms with Gasteiger partial charge in [-0.2, -0.15) is 0 Å². The van der Waals surface area contributed by atoms with E-state index in [2.05, 4.69) is 17.4 Å². The van der Waals surface area contributed by atoms with Gasteiger partial charge >= 0.3 is 6.03 Å². The quantitative estimate of drug-likeness (QED) is 0.591. The Bertz CT molecular complexity index is 747. The topological polar surface area (TPSA) is 83.3 Å². The number of aliphatic hydroxyl groups is 1. The van der Waals surface area contributed by atoms with Crippen molar-refractivity contribution in [1.29, 1.82) is 0 Å². The van der Waals surface area contributed by atoms with Gasteiger partial charge in [0, 0.05) is 0 Å². The number of amides is 3. The first-order valence-corrected chi connectivity index (χ1v) is 9.83. The summed E-state index contributed by atoms with van der Waals surface area (Å²) >= 11 is 0. The lowest BCUT2D eigenvalue weighted by Gasteiger charge is -2.27. The molecule has 0 saturated carbocycles. The number of ether oxygens (including phenoxy) is 1. The van der Waals surface area contributed by atoms with E-state index in [0.29, 0.717) is 19.8 Å². The van der Waals surface area contributed by atoms with E-state index in [9.17, 15) is 14.7 Å². The second kappa shape index (κ2) is 7.22. The fraction of sp³-hybridized carbons (Fsp3) is 0.600. The van der Waals surface area contributed by atoms with Crippen LogP contribution in [0.2, 0.25) is 0 Å². The molecular weight excluding hydrogens is 346 g/mol. The highest BCUT2D eigenvalue weighted by Crippen LogP contribution is 2.32. The van der Waals surface area contributed by atoms with Crippen molar-refractivity contribution in [3.63, 3.8) is 0 Å². The highest BCUT2D eigenvalue weighted by atomic mass is 16.5. The summed E-state index contributed by atoms with van der Waals surface area (Å²) in [6.45, 7) is 5.33. The van der Waals surface area contributed by atoms with Crippen LogP contribution in [-0.2, 0) is 27.9 Å². The predicted octanol–water partition coefficient (Wildman–Crippen LogP) is -0.782. The van der Waals surface area contributed by atoms with Gasteiger partial charge < -0.3 is 20.1 Å². The second-order valence-corrected chi connectivity index (χ2v) is 8.03. The van der Waals surface area contributed by atoms with Crippen LogP contribution < -0.4 is 10.2 Å². The lowest BCUT2D eigenvalue weighted by atomic mass is 9.89. The number of urea groups is 1. The summed E-state index contributed by atoms with van der Waals surface area (Å²) in [6, 6.07) is 5.64. The van der Waals surface area contributed by atoms with E-state index < -0.39 is 17.7 Å². The normalized spacial score (nSPS) is 27.0. The second-order valence-electron chi connectivity index (χ2n) is 8.03. The number of rotatable bonds is 5. The zero-order valence-corrected chi connectivity index (χ0v) is 15.8. The number of nitrogens with one attached hydrogen (secondary N) is 2. The van der Waals surface area contributed by atoms with E-state index >= 15 is 0 Å². The first-order chi connectivity index (χ1) is 13.0. The van der Waals surface area contributed by atoms with Crippen LogP contribution >= 0.6 is 0 Å². The number of imide groups is 1. The largest absolute Gasteiger partial charge is 0.385 e. The highest BCUT2D eigenvalue weighted by Gasteiger charge is 2.49. The Morgan fingerprint density at radius 3 is 2.78 bits per heavy atom. The van der Waals surface area contributed by atoms with E-state index in [1.807, 2.05) is 6.07 Å². The van der Waals surface area contributed by atoms with Crippen molar-refractivity contribution in [1.82, 2.24) is 10.2 Å². The highest BCUT2D eigenvalue weighted by molar-refractivity contribution is 6.07. The van der Waals surface area contributed by atoms with Crippen LogP contribution in [0.3, 0.4) is 0 Å². The summed E-state index contributed by atoms with van der Waals surface area (Å²) in [6.07, 6.45) is 2.49. The molecular formula is C20H28N3O4+. The Morgan fingerprint density at radius 1 is 1.26 bits per heavy atom. The van der Waals surface area contributed by atoms with Gasteiger partial charge in [-0.25, -0.2) is 4.79 Å². The van der Waals surface area contributed by atoms with Gasteiger partial charge in [0.25, 0.3) is 5.91 Å². The summed E-state index contributed by atoms with van der Waals surface area (Å²) < 4.78 is 5.33. The summed E-state index contributed by atoms with van der Waals surface area (Å²) in [5, 5.41) is 13.3. The maximum absolute atomic E-state index is 13.1. The Kier molecular flexibility index (Phi) is 4.92. The SMILES string of the molecule is C[C@]1(c2ccc3c(c2)CCC3)NC(=O)N(C[C@@H](O)C[NH+]2CCOCC2)C1=O. The average Bonchev–Trinajstić information content (AvgIpc) is 3.21. The third-order valence-electron chi connectivity index (χ3n) is 6.07. The first-order valence-electron chi connectivity index (χ1n) is 9.83. The molecule has 2 aliphatic heterocycles. The Morgan fingerprint density at radius 2 is 2.00 bits per heavy atom. The van der Waals surface area contributed by atoms with Crippen molar-refractivity contribution in [2.24, 2.45) is 0 Å². The zero-order valence-electron chi connectivity index (χ0n) is 15.8. The summed E-state index contributed by atoms with van der Waals surface area (Å²) in [7, 11) is 0. The minimum absolute atomic E-state index is 0.0234. The Balaban J connectivity index is 1.46. The van der Waals surface area contributed by atoms with Crippen molar-refractivity contribution in [2.45, 2.75) is 37.8 Å². The van der Waals surface area contributed by atoms with Crippen LogP contribution in [0, 0.1) is 0 Å². The van der Waals surface area contributed by atoms with Crippen molar-refractivity contribution in [2.75, 3.05) is 39.4 Å². The van der Waals surface area contributed by atoms with Crippen LogP contribution in [0.15, 0.2) is 18.2 Å². The maximum Gasteiger partial charge on any atom is 0.325 e. The number of carbonyl (C=O) groups is 2. The van der Waals surface area contributed by atoms with Crippen LogP contribution in [0.4, 0.5) is 4.79 Å². The maximum atomic E-state index is 13.1. The van der Waals surface area contributed by atoms with Gasteiger partial charge in [-0.3, -0.25) is 9.69 Å². The van der Waals surface area contributed by atoms with E-state index in [0.717, 1.165) is 42.8 Å². The number of aryl methyl sites for hydroxylation is 2. The minimum Gasteiger partial charge on any atom is -0.385 e. The lowest BCUT2D eigenvalue weighted by Crippen LogP contribution is -3.15. The van der Waals surface area contributed by atoms with Crippen LogP contribution in [-0.4, -0.2) is 67.4 Å². The number of β-amino-alcohol motifs (C(OH)–C–C–N with tert-alkyl or cyclic N) is 1. The van der Waals surface area contributed by atoms with E-state index in [1.54, 1.807) is 6.92 Å². The van der Waals surface area contributed by atoms with Crippen molar-refractivity contribution in [3.8, 4) is 0 Å². The molecule has 0 spiro atoms. The first kappa shape index (κ1) is 18.4. The molecule has 3 amide bonds. The van der Waals surface area contributed by atoms with Crippen LogP contribution in [0.25, 0.3) is 0 Å². The molecule has 2 saturated heterocycles. The predicted molar refractivity (Wildman–Crippen MR) is 98.5 cm³/mol. The number of morpholine rings is 1. The van der Waals surface area contributed by atoms with E-state index in [-0.39, 0.29) is 12.5 Å². The molecule has 2 atom stereocenters. The molecule has 27 heavy (non-hydrogen) atoms. The van der Waals surface area contributed by atoms with Crippen LogP contribution in [0.1, 0.15) is 30.0 Å². The summed E-state index contributed by atoms with van der Waals surface area (Å²) in [5.41, 5.74) is 2.35. The zero-order chi connectivity index (χ0) is 19.0. The Labute approximate surface area is 159 Å². The lowest BCUT2D eigenvalue weighted by molar-refractivity contribution is -0.910. The molecule has 7 heteroatoms. The van der Waals surface area contributed by atoms with Gasteiger partial charge in [0.15, 0.2) is 0 Å². The number of carbonyl (C=O) groups excluding carboxylic acids is 2. The van der Waals surface area contributed by atoms with Crippen molar-refractivity contribution in [3.05, 3.63) is 34.9 Å². The number of benzene rings is 1. The third-order valence-corrected chi connectivity index (χ3v) is 6.07. The van der Waals surface area contributed by atoms with Gasteiger partial charge in [0.05, 0.1) is 19.8 Å².